The summed E-state index contributed by atoms with van der Waals surface area (Å²) in [6.45, 7) is 11.8. The first-order chi connectivity index (χ1) is 46.8. The fraction of sp³-hybridized carbons (Fsp3) is 0.897. The second kappa shape index (κ2) is 68.0. The monoisotopic (exact) mass is 1420 g/mol. The van der Waals surface area contributed by atoms with Crippen LogP contribution in [0.4, 0.5) is 0 Å². The molecule has 0 amide bonds. The van der Waals surface area contributed by atoms with Gasteiger partial charge in [-0.1, -0.05) is 323 Å². The van der Waals surface area contributed by atoms with Crippen LogP contribution in [0.25, 0.3) is 0 Å². The molecule has 17 nitrogen and oxygen atoms in total. The Kier molecular flexibility index (Phi) is 66.3. The van der Waals surface area contributed by atoms with Gasteiger partial charge in [-0.3, -0.25) is 37.3 Å². The van der Waals surface area contributed by atoms with Crippen LogP contribution in [-0.4, -0.2) is 96.7 Å². The maximum atomic E-state index is 13.1. The van der Waals surface area contributed by atoms with Crippen molar-refractivity contribution in [1.29, 1.82) is 0 Å². The number of hydrogen-bond acceptors (Lipinski definition) is 15. The Balaban J connectivity index is 5.29. The Bertz CT molecular complexity index is 1980. The molecule has 0 bridgehead atoms. The number of aliphatic hydroxyl groups excluding tert-OH is 1. The number of phosphoric ester groups is 2. The molecule has 0 aliphatic heterocycles. The van der Waals surface area contributed by atoms with E-state index in [1.807, 2.05) is 0 Å². The van der Waals surface area contributed by atoms with Crippen LogP contribution in [-0.2, 0) is 65.4 Å². The molecule has 0 spiro atoms. The Morgan fingerprint density at radius 2 is 0.608 bits per heavy atom. The Morgan fingerprint density at radius 1 is 0.340 bits per heavy atom. The lowest BCUT2D eigenvalue weighted by atomic mass is 10.00. The van der Waals surface area contributed by atoms with Gasteiger partial charge in [0.2, 0.25) is 0 Å². The SMILES string of the molecule is CCCCCC/C=C\C=C/CCCCCCCC(=O)O[C@H](COC(=O)CCCCCCCCC(C)CC)COP(=O)(O)OC[C@H](O)COP(=O)(O)OC[C@@H](COC(=O)CCCCCCCCCCCCCCCC(C)C)OC(=O)CCCCCCCCCCCCCCCC(C)C. The number of allylic oxidation sites excluding steroid dienone is 4. The lowest BCUT2D eigenvalue weighted by Crippen LogP contribution is -2.30. The standard InChI is InChI=1S/C78H148O17P2/c1-8-10-11-12-13-14-15-16-17-22-28-33-38-47-54-61-78(83)95-74(66-89-76(81)60-53-46-41-40-44-51-58-71(7)9-2)68-93-97(86,87)91-64-72(79)63-90-96(84,85)92-67-73(94-77(82)62-55-48-39-34-29-24-19-21-26-31-36-43-50-57-70(5)6)65-88-75(80)59-52-45-37-32-27-23-18-20-25-30-35-42-49-56-69(3)4/h14-17,69-74,79H,8-13,18-68H2,1-7H3,(H,84,85)(H,86,87)/b15-14-,17-16-/t71?,72-,73-,74-/m1/s1. The quantitative estimate of drug-likeness (QED) is 0.0169. The minimum Gasteiger partial charge on any atom is -0.462 e. The Morgan fingerprint density at radius 3 is 0.918 bits per heavy atom. The fourth-order valence-corrected chi connectivity index (χ4v) is 13.0. The summed E-state index contributed by atoms with van der Waals surface area (Å²) in [5.41, 5.74) is 0. The maximum Gasteiger partial charge on any atom is 0.472 e. The molecular weight excluding hydrogens is 1270 g/mol. The second-order valence-corrected chi connectivity index (χ2v) is 31.5. The first-order valence-corrected chi connectivity index (χ1v) is 42.7. The van der Waals surface area contributed by atoms with Crippen molar-refractivity contribution in [2.24, 2.45) is 17.8 Å². The average molecular weight is 1420 g/mol. The molecule has 0 heterocycles. The summed E-state index contributed by atoms with van der Waals surface area (Å²) in [7, 11) is -9.93. The van der Waals surface area contributed by atoms with E-state index in [0.717, 1.165) is 127 Å². The van der Waals surface area contributed by atoms with E-state index in [9.17, 15) is 43.2 Å². The number of phosphoric acid groups is 2. The summed E-state index contributed by atoms with van der Waals surface area (Å²) in [4.78, 5) is 72.9. The van der Waals surface area contributed by atoms with Crippen LogP contribution in [0.15, 0.2) is 24.3 Å². The van der Waals surface area contributed by atoms with Crippen LogP contribution in [0.1, 0.15) is 376 Å². The van der Waals surface area contributed by atoms with Crippen molar-refractivity contribution in [1.82, 2.24) is 0 Å². The van der Waals surface area contributed by atoms with Crippen LogP contribution in [0.5, 0.6) is 0 Å². The van der Waals surface area contributed by atoms with Gasteiger partial charge in [0.05, 0.1) is 26.4 Å². The van der Waals surface area contributed by atoms with Gasteiger partial charge in [-0.25, -0.2) is 9.13 Å². The van der Waals surface area contributed by atoms with Gasteiger partial charge in [-0.05, 0) is 69.1 Å². The molecule has 3 N–H and O–H groups in total. The molecule has 6 atom stereocenters. The number of hydrogen-bond donors (Lipinski definition) is 3. The highest BCUT2D eigenvalue weighted by Gasteiger charge is 2.30. The molecule has 0 fully saturated rings. The second-order valence-electron chi connectivity index (χ2n) is 28.6. The fourth-order valence-electron chi connectivity index (χ4n) is 11.4. The molecule has 3 unspecified atom stereocenters. The summed E-state index contributed by atoms with van der Waals surface area (Å²) in [5, 5.41) is 10.6. The number of ether oxygens (including phenoxy) is 4. The summed E-state index contributed by atoms with van der Waals surface area (Å²) < 4.78 is 68.6. The highest BCUT2D eigenvalue weighted by Crippen LogP contribution is 2.45. The number of carbonyl (C=O) groups excluding carboxylic acids is 4. The maximum absolute atomic E-state index is 13.1. The predicted molar refractivity (Wildman–Crippen MR) is 395 cm³/mol. The first-order valence-electron chi connectivity index (χ1n) is 39.7. The third-order valence-corrected chi connectivity index (χ3v) is 19.8. The van der Waals surface area contributed by atoms with Crippen molar-refractivity contribution in [3.8, 4) is 0 Å². The zero-order chi connectivity index (χ0) is 71.6. The van der Waals surface area contributed by atoms with E-state index in [1.165, 1.54) is 167 Å². The van der Waals surface area contributed by atoms with Crippen molar-refractivity contribution in [3.63, 3.8) is 0 Å². The molecule has 19 heteroatoms. The van der Waals surface area contributed by atoms with Crippen LogP contribution in [0, 0.1) is 17.8 Å². The number of rotatable bonds is 74. The molecule has 0 aliphatic rings. The van der Waals surface area contributed by atoms with E-state index in [1.54, 1.807) is 0 Å². The lowest BCUT2D eigenvalue weighted by Gasteiger charge is -2.21. The molecule has 0 saturated heterocycles. The predicted octanol–water partition coefficient (Wildman–Crippen LogP) is 22.5. The minimum absolute atomic E-state index is 0.0839. The number of unbranched alkanes of at least 4 members (excludes halogenated alkanes) is 38. The molecule has 0 aliphatic carbocycles. The van der Waals surface area contributed by atoms with Gasteiger partial charge < -0.3 is 33.8 Å². The molecule has 572 valence electrons. The molecule has 0 rings (SSSR count). The van der Waals surface area contributed by atoms with Crippen LogP contribution in [0.3, 0.4) is 0 Å². The van der Waals surface area contributed by atoms with Crippen molar-refractivity contribution in [2.45, 2.75) is 394 Å². The van der Waals surface area contributed by atoms with Crippen LogP contribution < -0.4 is 0 Å². The van der Waals surface area contributed by atoms with Gasteiger partial charge >= 0.3 is 39.5 Å². The smallest absolute Gasteiger partial charge is 0.462 e. The van der Waals surface area contributed by atoms with E-state index in [0.29, 0.717) is 25.7 Å². The summed E-state index contributed by atoms with van der Waals surface area (Å²) in [6.07, 6.45) is 57.7. The van der Waals surface area contributed by atoms with Crippen molar-refractivity contribution in [3.05, 3.63) is 24.3 Å². The number of esters is 4. The largest absolute Gasteiger partial charge is 0.472 e. The van der Waals surface area contributed by atoms with E-state index in [-0.39, 0.29) is 25.7 Å². The van der Waals surface area contributed by atoms with Gasteiger partial charge in [0.1, 0.15) is 19.3 Å². The topological polar surface area (TPSA) is 237 Å². The van der Waals surface area contributed by atoms with Crippen molar-refractivity contribution < 1.29 is 80.2 Å². The zero-order valence-corrected chi connectivity index (χ0v) is 64.8. The lowest BCUT2D eigenvalue weighted by molar-refractivity contribution is -0.161. The van der Waals surface area contributed by atoms with E-state index >= 15 is 0 Å². The molecule has 97 heavy (non-hydrogen) atoms. The van der Waals surface area contributed by atoms with E-state index in [2.05, 4.69) is 72.8 Å². The Labute approximate surface area is 592 Å². The zero-order valence-electron chi connectivity index (χ0n) is 63.0. The summed E-state index contributed by atoms with van der Waals surface area (Å²) in [5.74, 6) is 0.156. The highest BCUT2D eigenvalue weighted by atomic mass is 31.2. The van der Waals surface area contributed by atoms with Gasteiger partial charge in [0.25, 0.3) is 0 Å². The molecular formula is C78H148O17P2. The first kappa shape index (κ1) is 94.5. The number of aliphatic hydroxyl groups is 1. The number of carbonyl (C=O) groups is 4. The normalized spacial score (nSPS) is 14.5. The highest BCUT2D eigenvalue weighted by molar-refractivity contribution is 7.47. The van der Waals surface area contributed by atoms with Gasteiger partial charge in [0, 0.05) is 25.7 Å². The third kappa shape index (κ3) is 70.4. The van der Waals surface area contributed by atoms with E-state index in [4.69, 9.17) is 37.0 Å². The van der Waals surface area contributed by atoms with Gasteiger partial charge in [-0.15, -0.1) is 0 Å². The van der Waals surface area contributed by atoms with Crippen molar-refractivity contribution in [2.75, 3.05) is 39.6 Å². The summed E-state index contributed by atoms with van der Waals surface area (Å²) in [6, 6.07) is 0. The minimum atomic E-state index is -4.97. The molecule has 0 aromatic heterocycles. The third-order valence-electron chi connectivity index (χ3n) is 17.9. The molecule has 0 radical (unpaired) electrons. The molecule has 0 aromatic rings. The van der Waals surface area contributed by atoms with E-state index < -0.39 is 97.5 Å². The Hall–Kier alpha value is -2.46. The molecule has 0 aromatic carbocycles. The van der Waals surface area contributed by atoms with Crippen LogP contribution in [0.2, 0.25) is 0 Å². The average Bonchev–Trinajstić information content (AvgIpc) is 1.04. The molecule has 0 saturated carbocycles. The van der Waals surface area contributed by atoms with Crippen molar-refractivity contribution >= 4 is 39.5 Å². The van der Waals surface area contributed by atoms with Crippen LogP contribution >= 0.6 is 15.6 Å². The van der Waals surface area contributed by atoms with Gasteiger partial charge in [-0.2, -0.15) is 0 Å². The summed E-state index contributed by atoms with van der Waals surface area (Å²) >= 11 is 0. The van der Waals surface area contributed by atoms with Gasteiger partial charge in [0.15, 0.2) is 12.2 Å².